The van der Waals surface area contributed by atoms with Crippen molar-refractivity contribution in [1.82, 2.24) is 15.6 Å². The number of nitrogens with one attached hydrogen (secondary N) is 2. The summed E-state index contributed by atoms with van der Waals surface area (Å²) in [7, 11) is 3.48. The van der Waals surface area contributed by atoms with Crippen LogP contribution >= 0.6 is 0 Å². The molecular weight excluding hydrogens is 342 g/mol. The van der Waals surface area contributed by atoms with E-state index in [-0.39, 0.29) is 0 Å². The molecule has 0 spiro atoms. The highest BCUT2D eigenvalue weighted by Gasteiger charge is 2.23. The quantitative estimate of drug-likeness (QED) is 0.600. The number of oxazole rings is 1. The van der Waals surface area contributed by atoms with Crippen molar-refractivity contribution in [2.24, 2.45) is 10.9 Å². The molecule has 0 bridgehead atoms. The molecule has 1 aromatic carbocycles. The lowest BCUT2D eigenvalue weighted by Crippen LogP contribution is -2.40. The van der Waals surface area contributed by atoms with Gasteiger partial charge in [-0.05, 0) is 38.3 Å². The van der Waals surface area contributed by atoms with E-state index in [1.54, 1.807) is 14.2 Å². The average molecular weight is 371 g/mol. The molecule has 2 aromatic rings. The maximum atomic E-state index is 5.60. The van der Waals surface area contributed by atoms with Crippen molar-refractivity contribution in [3.8, 4) is 5.75 Å². The van der Waals surface area contributed by atoms with Crippen LogP contribution in [0.5, 0.6) is 5.75 Å². The molecule has 7 nitrogen and oxygen atoms in total. The number of guanidine groups is 1. The third kappa shape index (κ3) is 4.93. The van der Waals surface area contributed by atoms with Gasteiger partial charge in [-0.2, -0.15) is 0 Å². The second-order valence-electron chi connectivity index (χ2n) is 6.86. The Balaban J connectivity index is 1.46. The van der Waals surface area contributed by atoms with Crippen LogP contribution in [0.15, 0.2) is 33.7 Å². The van der Waals surface area contributed by atoms with Crippen molar-refractivity contribution in [1.29, 1.82) is 0 Å². The zero-order valence-corrected chi connectivity index (χ0v) is 16.6. The first-order valence-electron chi connectivity index (χ1n) is 9.35. The van der Waals surface area contributed by atoms with Crippen LogP contribution in [-0.4, -0.2) is 44.7 Å². The van der Waals surface area contributed by atoms with Gasteiger partial charge < -0.3 is 24.7 Å². The average Bonchev–Trinajstić information content (AvgIpc) is 3.28. The van der Waals surface area contributed by atoms with Crippen LogP contribution < -0.4 is 20.3 Å². The number of methoxy groups -OCH3 is 1. The summed E-state index contributed by atoms with van der Waals surface area (Å²) in [4.78, 5) is 11.1. The Hall–Kier alpha value is -2.70. The van der Waals surface area contributed by atoms with Gasteiger partial charge in [-0.25, -0.2) is 4.98 Å². The lowest BCUT2D eigenvalue weighted by Gasteiger charge is -2.20. The molecule has 1 fully saturated rings. The molecule has 7 heteroatoms. The molecule has 27 heavy (non-hydrogen) atoms. The van der Waals surface area contributed by atoms with Crippen molar-refractivity contribution in [2.75, 3.05) is 38.7 Å². The first kappa shape index (κ1) is 19.1. The van der Waals surface area contributed by atoms with Gasteiger partial charge in [-0.3, -0.25) is 4.99 Å². The SMILES string of the molecule is CN=C(NCc1nc(C)c(C)o1)NCC1CCN(c2cccc(OC)c2)C1. The lowest BCUT2D eigenvalue weighted by atomic mass is 10.1. The predicted molar refractivity (Wildman–Crippen MR) is 107 cm³/mol. The van der Waals surface area contributed by atoms with Crippen LogP contribution in [0.3, 0.4) is 0 Å². The largest absolute Gasteiger partial charge is 0.497 e. The summed E-state index contributed by atoms with van der Waals surface area (Å²) in [6.45, 7) is 7.35. The zero-order chi connectivity index (χ0) is 19.2. The minimum absolute atomic E-state index is 0.523. The molecule has 0 aliphatic carbocycles. The fraction of sp³-hybridized carbons (Fsp3) is 0.500. The van der Waals surface area contributed by atoms with Crippen LogP contribution in [0.4, 0.5) is 5.69 Å². The summed E-state index contributed by atoms with van der Waals surface area (Å²) >= 11 is 0. The Morgan fingerprint density at radius 3 is 2.93 bits per heavy atom. The molecule has 2 N–H and O–H groups in total. The summed E-state index contributed by atoms with van der Waals surface area (Å²) in [5.41, 5.74) is 2.15. The number of hydrogen-bond acceptors (Lipinski definition) is 5. The molecule has 146 valence electrons. The third-order valence-electron chi connectivity index (χ3n) is 4.97. The topological polar surface area (TPSA) is 74.9 Å². The molecule has 1 aliphatic rings. The lowest BCUT2D eigenvalue weighted by molar-refractivity contribution is 0.415. The van der Waals surface area contributed by atoms with E-state index < -0.39 is 0 Å². The molecular formula is C20H29N5O2. The number of rotatable bonds is 6. The summed E-state index contributed by atoms with van der Waals surface area (Å²) in [5.74, 6) is 3.77. The zero-order valence-electron chi connectivity index (χ0n) is 16.6. The number of aliphatic imine (C=N–C) groups is 1. The molecule has 1 unspecified atom stereocenters. The van der Waals surface area contributed by atoms with E-state index in [1.807, 2.05) is 26.0 Å². The number of ether oxygens (including phenoxy) is 1. The molecule has 1 saturated heterocycles. The van der Waals surface area contributed by atoms with E-state index in [0.717, 1.165) is 49.2 Å². The smallest absolute Gasteiger partial charge is 0.214 e. The van der Waals surface area contributed by atoms with Crippen LogP contribution in [0.1, 0.15) is 23.8 Å². The van der Waals surface area contributed by atoms with Gasteiger partial charge >= 0.3 is 0 Å². The highest BCUT2D eigenvalue weighted by Crippen LogP contribution is 2.26. The van der Waals surface area contributed by atoms with Crippen molar-refractivity contribution in [2.45, 2.75) is 26.8 Å². The van der Waals surface area contributed by atoms with E-state index in [0.29, 0.717) is 18.4 Å². The summed E-state index contributed by atoms with van der Waals surface area (Å²) in [6, 6.07) is 8.25. The Labute approximate surface area is 160 Å². The first-order valence-corrected chi connectivity index (χ1v) is 9.35. The molecule has 1 aliphatic heterocycles. The van der Waals surface area contributed by atoms with E-state index >= 15 is 0 Å². The fourth-order valence-corrected chi connectivity index (χ4v) is 3.28. The minimum atomic E-state index is 0.523. The van der Waals surface area contributed by atoms with Crippen molar-refractivity contribution < 1.29 is 9.15 Å². The molecule has 0 amide bonds. The van der Waals surface area contributed by atoms with Gasteiger partial charge in [-0.1, -0.05) is 6.07 Å². The number of aryl methyl sites for hydroxylation is 2. The van der Waals surface area contributed by atoms with Gasteiger partial charge in [0.05, 0.1) is 19.3 Å². The summed E-state index contributed by atoms with van der Waals surface area (Å²) < 4.78 is 10.9. The number of anilines is 1. The second-order valence-corrected chi connectivity index (χ2v) is 6.86. The van der Waals surface area contributed by atoms with Gasteiger partial charge in [0.2, 0.25) is 5.89 Å². The Kier molecular flexibility index (Phi) is 6.21. The summed E-state index contributed by atoms with van der Waals surface area (Å²) in [6.07, 6.45) is 1.15. The molecule has 3 rings (SSSR count). The van der Waals surface area contributed by atoms with Crippen LogP contribution in [0, 0.1) is 19.8 Å². The second kappa shape index (κ2) is 8.79. The van der Waals surface area contributed by atoms with Crippen molar-refractivity contribution >= 4 is 11.6 Å². The van der Waals surface area contributed by atoms with E-state index in [2.05, 4.69) is 37.6 Å². The molecule has 0 radical (unpaired) electrons. The number of hydrogen-bond donors (Lipinski definition) is 2. The van der Waals surface area contributed by atoms with Crippen LogP contribution in [0.25, 0.3) is 0 Å². The van der Waals surface area contributed by atoms with E-state index in [1.165, 1.54) is 5.69 Å². The predicted octanol–water partition coefficient (Wildman–Crippen LogP) is 2.49. The Morgan fingerprint density at radius 2 is 2.22 bits per heavy atom. The van der Waals surface area contributed by atoms with Gasteiger partial charge in [0, 0.05) is 38.4 Å². The minimum Gasteiger partial charge on any atom is -0.497 e. The number of aromatic nitrogens is 1. The molecule has 1 aromatic heterocycles. The van der Waals surface area contributed by atoms with E-state index in [4.69, 9.17) is 9.15 Å². The van der Waals surface area contributed by atoms with Crippen LogP contribution in [-0.2, 0) is 6.54 Å². The van der Waals surface area contributed by atoms with Crippen molar-refractivity contribution in [3.63, 3.8) is 0 Å². The maximum Gasteiger partial charge on any atom is 0.214 e. The van der Waals surface area contributed by atoms with Crippen LogP contribution in [0.2, 0.25) is 0 Å². The highest BCUT2D eigenvalue weighted by atomic mass is 16.5. The van der Waals surface area contributed by atoms with E-state index in [9.17, 15) is 0 Å². The summed E-state index contributed by atoms with van der Waals surface area (Å²) in [5, 5.41) is 6.68. The third-order valence-corrected chi connectivity index (χ3v) is 4.97. The van der Waals surface area contributed by atoms with Gasteiger partial charge in [0.25, 0.3) is 0 Å². The fourth-order valence-electron chi connectivity index (χ4n) is 3.28. The molecule has 0 saturated carbocycles. The normalized spacial score (nSPS) is 17.3. The Bertz CT molecular complexity index is 767. The van der Waals surface area contributed by atoms with Gasteiger partial charge in [0.15, 0.2) is 5.96 Å². The maximum absolute atomic E-state index is 5.60. The number of benzene rings is 1. The van der Waals surface area contributed by atoms with Gasteiger partial charge in [0.1, 0.15) is 11.5 Å². The molecule has 1 atom stereocenters. The monoisotopic (exact) mass is 371 g/mol. The highest BCUT2D eigenvalue weighted by molar-refractivity contribution is 5.79. The van der Waals surface area contributed by atoms with Crippen molar-refractivity contribution in [3.05, 3.63) is 41.6 Å². The Morgan fingerprint density at radius 1 is 1.37 bits per heavy atom. The standard InChI is InChI=1S/C20H29N5O2/c1-14-15(2)27-19(24-14)12-23-20(21-3)22-11-16-8-9-25(13-16)17-6-5-7-18(10-17)26-4/h5-7,10,16H,8-9,11-13H2,1-4H3,(H2,21,22,23). The number of nitrogens with zero attached hydrogens (tertiary/aromatic N) is 3. The molecule has 2 heterocycles. The first-order chi connectivity index (χ1) is 13.1. The van der Waals surface area contributed by atoms with Gasteiger partial charge in [-0.15, -0.1) is 0 Å².